The topological polar surface area (TPSA) is 93.4 Å². The Bertz CT molecular complexity index is 795. The molecule has 1 aliphatic rings. The van der Waals surface area contributed by atoms with Crippen LogP contribution in [0.25, 0.3) is 0 Å². The van der Waals surface area contributed by atoms with Gasteiger partial charge in [-0.05, 0) is 25.1 Å². The van der Waals surface area contributed by atoms with E-state index in [9.17, 15) is 32.4 Å². The maximum absolute atomic E-state index is 14.1. The first-order valence-corrected chi connectivity index (χ1v) is 6.38. The molecule has 6 nitrogen and oxygen atoms in total. The number of imide groups is 1. The van der Waals surface area contributed by atoms with Crippen LogP contribution in [0, 0.1) is 17.1 Å². The number of nitriles is 1. The van der Waals surface area contributed by atoms with E-state index >= 15 is 0 Å². The van der Waals surface area contributed by atoms with Crippen molar-refractivity contribution in [1.82, 2.24) is 10.2 Å². The first-order chi connectivity index (χ1) is 11.1. The Balaban J connectivity index is 2.74. The molecular weight excluding hydrogens is 334 g/mol. The fourth-order valence-electron chi connectivity index (χ4n) is 2.31. The van der Waals surface area contributed by atoms with Crippen LogP contribution >= 0.6 is 0 Å². The molecule has 1 aromatic rings. The fraction of sp³-hybridized carbons (Fsp3) is 0.214. The number of carbonyl (C=O) groups is 2. The smallest absolute Gasteiger partial charge is 0.416 e. The van der Waals surface area contributed by atoms with Crippen molar-refractivity contribution in [2.75, 3.05) is 0 Å². The van der Waals surface area contributed by atoms with Crippen LogP contribution in [0.5, 0.6) is 0 Å². The number of carbonyl (C=O) groups excluding carboxylic acids is 1. The van der Waals surface area contributed by atoms with Crippen molar-refractivity contribution in [2.24, 2.45) is 0 Å². The summed E-state index contributed by atoms with van der Waals surface area (Å²) in [4.78, 5) is 23.2. The van der Waals surface area contributed by atoms with Crippen LogP contribution in [-0.4, -0.2) is 22.1 Å². The Labute approximate surface area is 132 Å². The number of nitrogens with one attached hydrogen (secondary N) is 1. The quantitative estimate of drug-likeness (QED) is 0.765. The maximum Gasteiger partial charge on any atom is 0.416 e. The molecule has 0 saturated carbocycles. The summed E-state index contributed by atoms with van der Waals surface area (Å²) in [7, 11) is 0. The molecule has 1 heterocycles. The van der Waals surface area contributed by atoms with E-state index in [0.717, 1.165) is 0 Å². The Hall–Kier alpha value is -3.09. The van der Waals surface area contributed by atoms with Crippen molar-refractivity contribution in [2.45, 2.75) is 19.1 Å². The van der Waals surface area contributed by atoms with Gasteiger partial charge in [0, 0.05) is 11.3 Å². The van der Waals surface area contributed by atoms with Gasteiger partial charge in [0.1, 0.15) is 11.9 Å². The molecule has 2 rings (SSSR count). The number of alkyl halides is 3. The second kappa shape index (κ2) is 5.84. The predicted octanol–water partition coefficient (Wildman–Crippen LogP) is 3.39. The number of benzene rings is 1. The second-order valence-electron chi connectivity index (χ2n) is 4.87. The van der Waals surface area contributed by atoms with Crippen molar-refractivity contribution in [3.05, 3.63) is 46.4 Å². The average Bonchev–Trinajstić information content (AvgIpc) is 2.45. The van der Waals surface area contributed by atoms with Crippen molar-refractivity contribution in [3.63, 3.8) is 0 Å². The largest absolute Gasteiger partial charge is 0.465 e. The molecular formula is C14H9F4N3O3. The summed E-state index contributed by atoms with van der Waals surface area (Å²) in [5.41, 5.74) is -2.42. The van der Waals surface area contributed by atoms with Gasteiger partial charge in [0.2, 0.25) is 0 Å². The van der Waals surface area contributed by atoms with Gasteiger partial charge in [-0.15, -0.1) is 0 Å². The van der Waals surface area contributed by atoms with E-state index in [0.29, 0.717) is 18.2 Å². The highest BCUT2D eigenvalue weighted by molar-refractivity contribution is 5.93. The summed E-state index contributed by atoms with van der Waals surface area (Å²) >= 11 is 0. The number of rotatable bonds is 1. The van der Waals surface area contributed by atoms with Gasteiger partial charge in [-0.1, -0.05) is 0 Å². The van der Waals surface area contributed by atoms with Crippen LogP contribution < -0.4 is 5.32 Å². The van der Waals surface area contributed by atoms with Gasteiger partial charge in [0.05, 0.1) is 17.2 Å². The number of carboxylic acid groups (broad SMARTS) is 1. The first-order valence-electron chi connectivity index (χ1n) is 6.38. The number of nitrogens with zero attached hydrogens (tertiary/aromatic N) is 2. The zero-order valence-electron chi connectivity index (χ0n) is 12.0. The maximum atomic E-state index is 14.1. The van der Waals surface area contributed by atoms with Crippen LogP contribution in [-0.2, 0) is 6.18 Å². The molecule has 0 aliphatic carbocycles. The summed E-state index contributed by atoms with van der Waals surface area (Å²) in [6.45, 7) is 1.26. The van der Waals surface area contributed by atoms with Crippen LogP contribution in [0.1, 0.15) is 24.1 Å². The zero-order valence-corrected chi connectivity index (χ0v) is 12.0. The lowest BCUT2D eigenvalue weighted by atomic mass is 9.93. The molecule has 126 valence electrons. The fourth-order valence-corrected chi connectivity index (χ4v) is 2.31. The molecule has 2 N–H and O–H groups in total. The first kappa shape index (κ1) is 17.3. The lowest BCUT2D eigenvalue weighted by molar-refractivity contribution is -0.137. The summed E-state index contributed by atoms with van der Waals surface area (Å²) in [6.07, 6.45) is -6.64. The third kappa shape index (κ3) is 2.88. The van der Waals surface area contributed by atoms with Gasteiger partial charge in [-0.25, -0.2) is 18.9 Å². The standard InChI is InChI=1S/C14H9F4N3O3/c1-6-9(5-19)11(21(13(23)24)12(22)20-6)8-4-7(14(16,17)18)2-3-10(8)15/h2-4,11H,1H3,(H,20,22)(H,23,24). The highest BCUT2D eigenvalue weighted by Gasteiger charge is 2.41. The third-order valence-electron chi connectivity index (χ3n) is 3.39. The number of amides is 3. The van der Waals surface area contributed by atoms with Gasteiger partial charge in [0.25, 0.3) is 0 Å². The van der Waals surface area contributed by atoms with Crippen molar-refractivity contribution in [1.29, 1.82) is 5.26 Å². The summed E-state index contributed by atoms with van der Waals surface area (Å²) < 4.78 is 52.6. The van der Waals surface area contributed by atoms with Crippen LogP contribution in [0.4, 0.5) is 27.2 Å². The number of allylic oxidation sites excluding steroid dienone is 1. The Morgan fingerprint density at radius 2 is 2.04 bits per heavy atom. The van der Waals surface area contributed by atoms with Gasteiger partial charge in [-0.2, -0.15) is 18.4 Å². The number of halogens is 4. The molecule has 0 saturated heterocycles. The van der Waals surface area contributed by atoms with Crippen molar-refractivity contribution < 1.29 is 32.3 Å². The van der Waals surface area contributed by atoms with Gasteiger partial charge in [-0.3, -0.25) is 0 Å². The summed E-state index contributed by atoms with van der Waals surface area (Å²) in [5.74, 6) is -1.17. The van der Waals surface area contributed by atoms with Crippen LogP contribution in [0.2, 0.25) is 0 Å². The molecule has 0 fully saturated rings. The van der Waals surface area contributed by atoms with Crippen molar-refractivity contribution >= 4 is 12.1 Å². The van der Waals surface area contributed by atoms with Gasteiger partial charge < -0.3 is 10.4 Å². The van der Waals surface area contributed by atoms with Gasteiger partial charge in [0.15, 0.2) is 0 Å². The predicted molar refractivity (Wildman–Crippen MR) is 70.9 cm³/mol. The molecule has 1 atom stereocenters. The highest BCUT2D eigenvalue weighted by Crippen LogP contribution is 2.38. The SMILES string of the molecule is CC1=C(C#N)C(c2cc(C(F)(F)F)ccc2F)N(C(=O)O)C(=O)N1. The molecule has 1 aromatic carbocycles. The third-order valence-corrected chi connectivity index (χ3v) is 3.39. The molecule has 10 heteroatoms. The molecule has 0 spiro atoms. The molecule has 0 radical (unpaired) electrons. The Morgan fingerprint density at radius 3 is 2.54 bits per heavy atom. The number of urea groups is 1. The molecule has 0 aromatic heterocycles. The molecule has 3 amide bonds. The molecule has 1 unspecified atom stereocenters. The monoisotopic (exact) mass is 343 g/mol. The van der Waals surface area contributed by atoms with Gasteiger partial charge >= 0.3 is 18.3 Å². The average molecular weight is 343 g/mol. The van der Waals surface area contributed by atoms with Crippen LogP contribution in [0.15, 0.2) is 29.5 Å². The zero-order chi connectivity index (χ0) is 18.2. The second-order valence-corrected chi connectivity index (χ2v) is 4.87. The highest BCUT2D eigenvalue weighted by atomic mass is 19.4. The molecule has 24 heavy (non-hydrogen) atoms. The molecule has 1 aliphatic heterocycles. The summed E-state index contributed by atoms with van der Waals surface area (Å²) in [6, 6.07) is -0.0262. The minimum Gasteiger partial charge on any atom is -0.465 e. The minimum absolute atomic E-state index is 0.0678. The lowest BCUT2D eigenvalue weighted by Crippen LogP contribution is -2.49. The van der Waals surface area contributed by atoms with Crippen molar-refractivity contribution in [3.8, 4) is 6.07 Å². The summed E-state index contributed by atoms with van der Waals surface area (Å²) in [5, 5.41) is 20.4. The van der Waals surface area contributed by atoms with E-state index in [1.807, 2.05) is 0 Å². The van der Waals surface area contributed by atoms with E-state index in [1.54, 1.807) is 6.07 Å². The lowest BCUT2D eigenvalue weighted by Gasteiger charge is -2.33. The van der Waals surface area contributed by atoms with E-state index < -0.39 is 41.3 Å². The normalized spacial score (nSPS) is 18.2. The van der Waals surface area contributed by atoms with E-state index in [-0.39, 0.29) is 16.2 Å². The van der Waals surface area contributed by atoms with E-state index in [2.05, 4.69) is 5.32 Å². The number of hydrogen-bond acceptors (Lipinski definition) is 3. The Kier molecular flexibility index (Phi) is 4.20. The molecule has 0 bridgehead atoms. The Morgan fingerprint density at radius 1 is 1.42 bits per heavy atom. The van der Waals surface area contributed by atoms with E-state index in [4.69, 9.17) is 5.11 Å². The van der Waals surface area contributed by atoms with E-state index in [1.165, 1.54) is 6.92 Å². The number of hydrogen-bond donors (Lipinski definition) is 2. The van der Waals surface area contributed by atoms with Crippen LogP contribution in [0.3, 0.4) is 0 Å². The minimum atomic E-state index is -4.81.